The Bertz CT molecular complexity index is 505. The zero-order valence-corrected chi connectivity index (χ0v) is 16.8. The molecule has 0 atom stereocenters. The summed E-state index contributed by atoms with van der Waals surface area (Å²) >= 11 is 0. The van der Waals surface area contributed by atoms with Crippen LogP contribution >= 0.6 is 17.0 Å². The van der Waals surface area contributed by atoms with Gasteiger partial charge in [-0.3, -0.25) is 4.99 Å². The van der Waals surface area contributed by atoms with E-state index >= 15 is 0 Å². The third-order valence-electron chi connectivity index (χ3n) is 4.07. The summed E-state index contributed by atoms with van der Waals surface area (Å²) in [6, 6.07) is 6.43. The Morgan fingerprint density at radius 3 is 2.92 bits per heavy atom. The highest BCUT2D eigenvalue weighted by molar-refractivity contribution is 8.93. The van der Waals surface area contributed by atoms with Crippen molar-refractivity contribution in [1.82, 2.24) is 10.6 Å². The first-order valence-corrected chi connectivity index (χ1v) is 9.04. The lowest BCUT2D eigenvalue weighted by Gasteiger charge is -2.15. The largest absolute Gasteiger partial charge is 0.493 e. The molecule has 0 aliphatic carbocycles. The number of ether oxygens (including phenoxy) is 1. The molecule has 0 radical (unpaired) electrons. The average Bonchev–Trinajstić information content (AvgIpc) is 2.82. The first-order valence-electron chi connectivity index (χ1n) is 9.04. The minimum atomic E-state index is 0. The molecule has 1 aromatic rings. The van der Waals surface area contributed by atoms with Gasteiger partial charge in [-0.15, -0.1) is 17.0 Å². The minimum absolute atomic E-state index is 0. The molecule has 24 heavy (non-hydrogen) atoms. The Hall–Kier alpha value is -1.23. The number of aliphatic imine (C=N–C) groups is 1. The summed E-state index contributed by atoms with van der Waals surface area (Å²) in [5.74, 6) is 1.92. The van der Waals surface area contributed by atoms with Crippen molar-refractivity contribution in [3.8, 4) is 5.75 Å². The van der Waals surface area contributed by atoms with E-state index in [4.69, 9.17) is 4.74 Å². The number of guanidine groups is 1. The number of aryl methyl sites for hydroxylation is 1. The zero-order valence-electron chi connectivity index (χ0n) is 15.1. The Kier molecular flexibility index (Phi) is 10.6. The third-order valence-corrected chi connectivity index (χ3v) is 4.07. The Morgan fingerprint density at radius 1 is 1.21 bits per heavy atom. The smallest absolute Gasteiger partial charge is 0.191 e. The van der Waals surface area contributed by atoms with Crippen LogP contribution in [0.2, 0.25) is 0 Å². The Morgan fingerprint density at radius 2 is 2.08 bits per heavy atom. The van der Waals surface area contributed by atoms with E-state index in [1.807, 2.05) is 0 Å². The van der Waals surface area contributed by atoms with Crippen LogP contribution < -0.4 is 15.4 Å². The molecule has 0 saturated heterocycles. The molecule has 2 N–H and O–H groups in total. The van der Waals surface area contributed by atoms with Crippen molar-refractivity contribution in [2.75, 3.05) is 19.7 Å². The monoisotopic (exact) mass is 397 g/mol. The topological polar surface area (TPSA) is 45.6 Å². The third kappa shape index (κ3) is 7.56. The molecule has 2 rings (SSSR count). The lowest BCUT2D eigenvalue weighted by Crippen LogP contribution is -2.36. The predicted molar refractivity (Wildman–Crippen MR) is 108 cm³/mol. The number of halogens is 1. The van der Waals surface area contributed by atoms with E-state index in [9.17, 15) is 0 Å². The highest BCUT2D eigenvalue weighted by atomic mass is 79.9. The summed E-state index contributed by atoms with van der Waals surface area (Å²) < 4.78 is 6.03. The van der Waals surface area contributed by atoms with Gasteiger partial charge in [-0.1, -0.05) is 38.3 Å². The highest BCUT2D eigenvalue weighted by Gasteiger charge is 2.07. The molecule has 0 fully saturated rings. The van der Waals surface area contributed by atoms with Crippen LogP contribution in [0, 0.1) is 6.92 Å². The van der Waals surface area contributed by atoms with Gasteiger partial charge in [0, 0.05) is 25.2 Å². The summed E-state index contributed by atoms with van der Waals surface area (Å²) in [4.78, 5) is 4.53. The van der Waals surface area contributed by atoms with Gasteiger partial charge < -0.3 is 15.4 Å². The van der Waals surface area contributed by atoms with Gasteiger partial charge in [-0.05, 0) is 37.8 Å². The van der Waals surface area contributed by atoms with Crippen LogP contribution in [0.3, 0.4) is 0 Å². The fourth-order valence-corrected chi connectivity index (χ4v) is 2.64. The van der Waals surface area contributed by atoms with Crippen molar-refractivity contribution >= 4 is 22.9 Å². The van der Waals surface area contributed by atoms with E-state index in [1.54, 1.807) is 0 Å². The highest BCUT2D eigenvalue weighted by Crippen LogP contribution is 2.21. The quantitative estimate of drug-likeness (QED) is 0.640. The maximum absolute atomic E-state index is 6.03. The summed E-state index contributed by atoms with van der Waals surface area (Å²) in [6.45, 7) is 7.80. The molecular formula is C19H32BrN3O. The molecule has 0 bridgehead atoms. The van der Waals surface area contributed by atoms with E-state index in [0.717, 1.165) is 50.8 Å². The summed E-state index contributed by atoms with van der Waals surface area (Å²) in [7, 11) is 0. The van der Waals surface area contributed by atoms with Gasteiger partial charge in [0.05, 0.1) is 6.61 Å². The van der Waals surface area contributed by atoms with Crippen LogP contribution in [0.4, 0.5) is 0 Å². The Labute approximate surface area is 157 Å². The normalized spacial score (nSPS) is 14.0. The summed E-state index contributed by atoms with van der Waals surface area (Å²) in [6.07, 6.45) is 7.27. The van der Waals surface area contributed by atoms with E-state index in [2.05, 4.69) is 47.7 Å². The maximum atomic E-state index is 6.03. The molecule has 0 amide bonds. The number of hydrogen-bond acceptors (Lipinski definition) is 4. The number of nitrogens with zero attached hydrogens (tertiary/aromatic N) is 1. The van der Waals surface area contributed by atoms with Crippen molar-refractivity contribution in [2.45, 2.75) is 58.9 Å². The fraction of sp³-hybridized carbons (Fsp3) is 0.632. The van der Waals surface area contributed by atoms with Gasteiger partial charge in [-0.25, -0.2) is 0 Å². The van der Waals surface area contributed by atoms with E-state index in [0.29, 0.717) is 0 Å². The molecule has 0 spiro atoms. The SMILES string of the molecule is Br.CCCCCCOc1cc(C)ccc1CNC1=NCCCCN1. The van der Waals surface area contributed by atoms with Crippen LogP contribution in [0.1, 0.15) is 56.6 Å². The van der Waals surface area contributed by atoms with Gasteiger partial charge >= 0.3 is 0 Å². The molecule has 5 heteroatoms. The average molecular weight is 398 g/mol. The molecule has 1 aromatic carbocycles. The lowest BCUT2D eigenvalue weighted by molar-refractivity contribution is 0.301. The van der Waals surface area contributed by atoms with E-state index in [1.165, 1.54) is 36.8 Å². The molecule has 1 aliphatic heterocycles. The molecule has 0 saturated carbocycles. The predicted octanol–water partition coefficient (Wildman–Crippen LogP) is 4.36. The van der Waals surface area contributed by atoms with Crippen molar-refractivity contribution in [3.63, 3.8) is 0 Å². The molecule has 1 heterocycles. The molecule has 0 unspecified atom stereocenters. The van der Waals surface area contributed by atoms with Gasteiger partial charge in [0.1, 0.15) is 5.75 Å². The van der Waals surface area contributed by atoms with Crippen LogP contribution in [0.25, 0.3) is 0 Å². The van der Waals surface area contributed by atoms with Crippen LogP contribution in [-0.2, 0) is 6.54 Å². The van der Waals surface area contributed by atoms with Crippen LogP contribution in [-0.4, -0.2) is 25.7 Å². The van der Waals surface area contributed by atoms with Crippen molar-refractivity contribution in [2.24, 2.45) is 4.99 Å². The number of hydrogen-bond donors (Lipinski definition) is 2. The standard InChI is InChI=1S/C19H31N3O.BrH/c1-3-4-5-8-13-23-18-14-16(2)9-10-17(18)15-22-19-20-11-6-7-12-21-19;/h9-10,14H,3-8,11-13,15H2,1-2H3,(H2,20,21,22);1H. The van der Waals surface area contributed by atoms with Crippen molar-refractivity contribution in [3.05, 3.63) is 29.3 Å². The summed E-state index contributed by atoms with van der Waals surface area (Å²) in [5, 5.41) is 6.75. The van der Waals surface area contributed by atoms with Crippen LogP contribution in [0.15, 0.2) is 23.2 Å². The number of unbranched alkanes of at least 4 members (excludes halogenated alkanes) is 3. The van der Waals surface area contributed by atoms with Gasteiger partial charge in [0.2, 0.25) is 0 Å². The second kappa shape index (κ2) is 12.2. The fourth-order valence-electron chi connectivity index (χ4n) is 2.64. The first kappa shape index (κ1) is 20.8. The van der Waals surface area contributed by atoms with Crippen LogP contribution in [0.5, 0.6) is 5.75 Å². The van der Waals surface area contributed by atoms with Crippen molar-refractivity contribution < 1.29 is 4.74 Å². The lowest BCUT2D eigenvalue weighted by atomic mass is 10.1. The van der Waals surface area contributed by atoms with Crippen molar-refractivity contribution in [1.29, 1.82) is 0 Å². The number of rotatable bonds is 8. The van der Waals surface area contributed by atoms with Gasteiger partial charge in [0.15, 0.2) is 5.96 Å². The van der Waals surface area contributed by atoms with E-state index < -0.39 is 0 Å². The summed E-state index contributed by atoms with van der Waals surface area (Å²) in [5.41, 5.74) is 2.43. The number of benzene rings is 1. The van der Waals surface area contributed by atoms with Gasteiger partial charge in [0.25, 0.3) is 0 Å². The second-order valence-electron chi connectivity index (χ2n) is 6.24. The maximum Gasteiger partial charge on any atom is 0.191 e. The molecule has 0 aromatic heterocycles. The molecule has 1 aliphatic rings. The minimum Gasteiger partial charge on any atom is -0.493 e. The molecule has 136 valence electrons. The first-order chi connectivity index (χ1) is 11.3. The second-order valence-corrected chi connectivity index (χ2v) is 6.24. The molecular weight excluding hydrogens is 366 g/mol. The number of nitrogens with one attached hydrogen (secondary N) is 2. The Balaban J connectivity index is 0.00000288. The molecule has 4 nitrogen and oxygen atoms in total. The van der Waals surface area contributed by atoms with Gasteiger partial charge in [-0.2, -0.15) is 0 Å². The zero-order chi connectivity index (χ0) is 16.3. The van der Waals surface area contributed by atoms with E-state index in [-0.39, 0.29) is 17.0 Å².